The van der Waals surface area contributed by atoms with Crippen LogP contribution in [0.1, 0.15) is 10.4 Å². The van der Waals surface area contributed by atoms with Gasteiger partial charge in [0.15, 0.2) is 0 Å². The van der Waals surface area contributed by atoms with Crippen LogP contribution in [0.25, 0.3) is 0 Å². The molecule has 0 spiro atoms. The van der Waals surface area contributed by atoms with E-state index in [2.05, 4.69) is 4.99 Å². The van der Waals surface area contributed by atoms with Crippen LogP contribution in [0.15, 0.2) is 29.3 Å². The van der Waals surface area contributed by atoms with Crippen molar-refractivity contribution in [3.8, 4) is 0 Å². The highest BCUT2D eigenvalue weighted by molar-refractivity contribution is 6.71. The number of benzene rings is 1. The summed E-state index contributed by atoms with van der Waals surface area (Å²) in [5.74, 6) is -0.373. The molecule has 1 aromatic carbocycles. The highest BCUT2D eigenvalue weighted by Crippen LogP contribution is 2.16. The summed E-state index contributed by atoms with van der Waals surface area (Å²) in [4.78, 5) is 25.2. The molecular weight excluding hydrogens is 222 g/mol. The summed E-state index contributed by atoms with van der Waals surface area (Å²) in [5.41, 5.74) is 0.805. The van der Waals surface area contributed by atoms with Crippen molar-refractivity contribution in [1.29, 1.82) is 0 Å². The molecule has 0 aliphatic heterocycles. The number of carbonyl (C=O) groups is 1. The van der Waals surface area contributed by atoms with E-state index in [9.17, 15) is 9.59 Å². The van der Waals surface area contributed by atoms with Crippen LogP contribution in [0.4, 0.5) is 5.69 Å². The van der Waals surface area contributed by atoms with E-state index in [1.54, 1.807) is 18.2 Å². The normalized spacial score (nSPS) is 10.4. The molecule has 16 heavy (non-hydrogen) atoms. The smallest absolute Gasteiger partial charge is 0.324 e. The second kappa shape index (κ2) is 4.87. The third-order valence-corrected chi connectivity index (χ3v) is 2.45. The molecule has 0 amide bonds. The van der Waals surface area contributed by atoms with Crippen molar-refractivity contribution in [1.82, 2.24) is 0 Å². The van der Waals surface area contributed by atoms with Gasteiger partial charge in [-0.2, -0.15) is 4.99 Å². The van der Waals surface area contributed by atoms with Gasteiger partial charge < -0.3 is 4.43 Å². The molecule has 0 bridgehead atoms. The minimum Gasteiger partial charge on any atom is -0.516 e. The Bertz CT molecular complexity index is 445. The molecule has 4 nitrogen and oxygen atoms in total. The van der Waals surface area contributed by atoms with E-state index in [4.69, 9.17) is 4.43 Å². The molecule has 0 aromatic heterocycles. The molecule has 0 atom stereocenters. The Kier molecular flexibility index (Phi) is 3.76. The topological polar surface area (TPSA) is 55.7 Å². The van der Waals surface area contributed by atoms with Crippen LogP contribution in [0.3, 0.4) is 0 Å². The number of rotatable bonds is 3. The lowest BCUT2D eigenvalue weighted by Crippen LogP contribution is -2.29. The monoisotopic (exact) mass is 235 g/mol. The highest BCUT2D eigenvalue weighted by atomic mass is 28.4. The number of carbonyl (C=O) groups excluding carboxylic acids is 2. The van der Waals surface area contributed by atoms with Gasteiger partial charge >= 0.3 is 5.97 Å². The van der Waals surface area contributed by atoms with Crippen molar-refractivity contribution in [2.24, 2.45) is 4.99 Å². The minimum atomic E-state index is -1.90. The van der Waals surface area contributed by atoms with Crippen molar-refractivity contribution in [2.75, 3.05) is 0 Å². The lowest BCUT2D eigenvalue weighted by atomic mass is 10.2. The zero-order valence-corrected chi connectivity index (χ0v) is 10.5. The molecule has 1 rings (SSSR count). The summed E-state index contributed by atoms with van der Waals surface area (Å²) in [6, 6.07) is 6.41. The van der Waals surface area contributed by atoms with Crippen LogP contribution < -0.4 is 0 Å². The summed E-state index contributed by atoms with van der Waals surface area (Å²) in [7, 11) is -1.90. The van der Waals surface area contributed by atoms with E-state index >= 15 is 0 Å². The zero-order valence-electron chi connectivity index (χ0n) is 9.48. The van der Waals surface area contributed by atoms with Gasteiger partial charge in [-0.25, -0.2) is 9.59 Å². The first kappa shape index (κ1) is 12.4. The Morgan fingerprint density at radius 3 is 2.62 bits per heavy atom. The van der Waals surface area contributed by atoms with Crippen LogP contribution in [-0.4, -0.2) is 20.4 Å². The zero-order chi connectivity index (χ0) is 12.2. The summed E-state index contributed by atoms with van der Waals surface area (Å²) < 4.78 is 5.32. The second-order valence-corrected chi connectivity index (χ2v) is 8.68. The molecule has 0 saturated heterocycles. The van der Waals surface area contributed by atoms with E-state index in [0.29, 0.717) is 11.3 Å². The molecule has 0 N–H and O–H groups in total. The van der Waals surface area contributed by atoms with Crippen LogP contribution in [-0.2, 0) is 9.22 Å². The van der Waals surface area contributed by atoms with Gasteiger partial charge in [0, 0.05) is 0 Å². The van der Waals surface area contributed by atoms with E-state index in [0.717, 1.165) is 0 Å². The Labute approximate surface area is 95.1 Å². The summed E-state index contributed by atoms with van der Waals surface area (Å²) in [5, 5.41) is 0. The number of hydrogen-bond acceptors (Lipinski definition) is 4. The SMILES string of the molecule is C[Si](C)(C)OC(=O)c1cccc(N=C=O)c1. The maximum atomic E-state index is 11.7. The first-order valence-electron chi connectivity index (χ1n) is 4.84. The van der Waals surface area contributed by atoms with Crippen LogP contribution in [0, 0.1) is 0 Å². The largest absolute Gasteiger partial charge is 0.516 e. The van der Waals surface area contributed by atoms with Crippen molar-refractivity contribution in [3.63, 3.8) is 0 Å². The van der Waals surface area contributed by atoms with Gasteiger partial charge in [-0.3, -0.25) is 0 Å². The van der Waals surface area contributed by atoms with Crippen molar-refractivity contribution in [2.45, 2.75) is 19.6 Å². The quantitative estimate of drug-likeness (QED) is 0.460. The van der Waals surface area contributed by atoms with Gasteiger partial charge in [0.2, 0.25) is 14.4 Å². The summed E-state index contributed by atoms with van der Waals surface area (Å²) >= 11 is 0. The standard InChI is InChI=1S/C11H13NO3Si/c1-16(2,3)15-11(14)9-5-4-6-10(7-9)12-8-13/h4-7H,1-3H3. The molecule has 0 aliphatic carbocycles. The fourth-order valence-corrected chi connectivity index (χ4v) is 1.77. The first-order valence-corrected chi connectivity index (χ1v) is 8.24. The predicted octanol–water partition coefficient (Wildman–Crippen LogP) is 2.65. The molecular formula is C11H13NO3Si. The number of aliphatic imine (C=N–C) groups is 1. The Hall–Kier alpha value is -1.71. The van der Waals surface area contributed by atoms with Crippen LogP contribution >= 0.6 is 0 Å². The number of nitrogens with zero attached hydrogens (tertiary/aromatic N) is 1. The van der Waals surface area contributed by atoms with E-state index in [-0.39, 0.29) is 5.97 Å². The number of isocyanates is 1. The van der Waals surface area contributed by atoms with Gasteiger partial charge in [-0.15, -0.1) is 0 Å². The molecule has 0 fully saturated rings. The van der Waals surface area contributed by atoms with Crippen LogP contribution in [0.5, 0.6) is 0 Å². The Balaban J connectivity index is 2.92. The third-order valence-electron chi connectivity index (χ3n) is 1.66. The maximum Gasteiger partial charge on any atom is 0.324 e. The fourth-order valence-electron chi connectivity index (χ4n) is 1.09. The van der Waals surface area contributed by atoms with E-state index < -0.39 is 8.32 Å². The lowest BCUT2D eigenvalue weighted by molar-refractivity contribution is 0.0724. The lowest BCUT2D eigenvalue weighted by Gasteiger charge is -2.17. The van der Waals surface area contributed by atoms with Crippen molar-refractivity contribution in [3.05, 3.63) is 29.8 Å². The van der Waals surface area contributed by atoms with Crippen molar-refractivity contribution >= 4 is 26.1 Å². The molecule has 84 valence electrons. The van der Waals surface area contributed by atoms with E-state index in [1.807, 2.05) is 19.6 Å². The molecule has 1 aromatic rings. The molecule has 0 heterocycles. The van der Waals surface area contributed by atoms with Crippen LogP contribution in [0.2, 0.25) is 19.6 Å². The highest BCUT2D eigenvalue weighted by Gasteiger charge is 2.20. The van der Waals surface area contributed by atoms with Gasteiger partial charge in [-0.05, 0) is 37.8 Å². The second-order valence-electron chi connectivity index (χ2n) is 4.26. The summed E-state index contributed by atoms with van der Waals surface area (Å²) in [6.45, 7) is 5.79. The molecule has 0 saturated carbocycles. The Morgan fingerprint density at radius 1 is 1.38 bits per heavy atom. The maximum absolute atomic E-state index is 11.7. The van der Waals surface area contributed by atoms with Gasteiger partial charge in [0.05, 0.1) is 11.3 Å². The molecule has 0 unspecified atom stereocenters. The van der Waals surface area contributed by atoms with Gasteiger partial charge in [-0.1, -0.05) is 6.07 Å². The summed E-state index contributed by atoms with van der Waals surface area (Å²) in [6.07, 6.45) is 1.43. The van der Waals surface area contributed by atoms with Gasteiger partial charge in [0.25, 0.3) is 0 Å². The molecule has 0 radical (unpaired) electrons. The number of hydrogen-bond donors (Lipinski definition) is 0. The molecule has 0 aliphatic rings. The third kappa shape index (κ3) is 3.80. The first-order chi connectivity index (χ1) is 7.42. The predicted molar refractivity (Wildman–Crippen MR) is 63.0 cm³/mol. The fraction of sp³-hybridized carbons (Fsp3) is 0.273. The molecule has 5 heteroatoms. The van der Waals surface area contributed by atoms with Gasteiger partial charge in [0.1, 0.15) is 0 Å². The average Bonchev–Trinajstić information content (AvgIpc) is 2.16. The van der Waals surface area contributed by atoms with Crippen molar-refractivity contribution < 1.29 is 14.0 Å². The Morgan fingerprint density at radius 2 is 2.06 bits per heavy atom. The van der Waals surface area contributed by atoms with E-state index in [1.165, 1.54) is 12.1 Å². The average molecular weight is 235 g/mol. The minimum absolute atomic E-state index is 0.373.